The first-order valence-corrected chi connectivity index (χ1v) is 4.64. The lowest BCUT2D eigenvalue weighted by Gasteiger charge is -2.04. The largest absolute Gasteiger partial charge is 0.319 e. The van der Waals surface area contributed by atoms with Gasteiger partial charge in [-0.25, -0.2) is 0 Å². The molecule has 0 N–H and O–H groups in total. The SMILES string of the molecule is CCO[P@@](=O)(C#N)CC. The molecule has 0 bridgehead atoms. The smallest absolute Gasteiger partial charge is 0.299 e. The fourth-order valence-electron chi connectivity index (χ4n) is 0.399. The van der Waals surface area contributed by atoms with Gasteiger partial charge in [-0.2, -0.15) is 5.26 Å². The molecule has 4 heteroatoms. The number of rotatable bonds is 3. The minimum absolute atomic E-state index is 0.303. The molecule has 1 atom stereocenters. The lowest BCUT2D eigenvalue weighted by atomic mass is 10.9. The molecule has 0 aliphatic heterocycles. The second-order valence-electron chi connectivity index (χ2n) is 1.51. The molecule has 0 aliphatic carbocycles. The monoisotopic (exact) mass is 147 g/mol. The Hall–Kier alpha value is -0.320. The molecule has 0 rings (SSSR count). The van der Waals surface area contributed by atoms with Crippen molar-refractivity contribution in [3.8, 4) is 5.81 Å². The average molecular weight is 147 g/mol. The normalized spacial score (nSPS) is 16.1. The second kappa shape index (κ2) is 3.66. The standard InChI is InChI=1S/C5H10NO2P/c1-3-8-9(7,4-2)5-6/h3-4H2,1-2H3/t9-/m1/s1. The van der Waals surface area contributed by atoms with Gasteiger partial charge < -0.3 is 4.52 Å². The predicted molar refractivity (Wildman–Crippen MR) is 35.4 cm³/mol. The lowest BCUT2D eigenvalue weighted by Crippen LogP contribution is -1.88. The fourth-order valence-corrected chi connectivity index (χ4v) is 1.20. The Labute approximate surface area is 55.1 Å². The minimum atomic E-state index is -2.88. The maximum atomic E-state index is 11.0. The molecule has 0 fully saturated rings. The summed E-state index contributed by atoms with van der Waals surface area (Å²) in [6, 6.07) is 0. The van der Waals surface area contributed by atoms with Gasteiger partial charge in [0.25, 0.3) is 7.37 Å². The maximum absolute atomic E-state index is 11.0. The van der Waals surface area contributed by atoms with Crippen molar-refractivity contribution in [2.24, 2.45) is 0 Å². The molecule has 0 saturated carbocycles. The molecule has 0 spiro atoms. The highest BCUT2D eigenvalue weighted by Crippen LogP contribution is 2.44. The third kappa shape index (κ3) is 2.64. The topological polar surface area (TPSA) is 50.1 Å². The van der Waals surface area contributed by atoms with Crippen LogP contribution in [0.4, 0.5) is 0 Å². The molecule has 9 heavy (non-hydrogen) atoms. The van der Waals surface area contributed by atoms with Gasteiger partial charge in [0.15, 0.2) is 5.81 Å². The van der Waals surface area contributed by atoms with Gasteiger partial charge in [0.1, 0.15) is 0 Å². The molecule has 3 nitrogen and oxygen atoms in total. The van der Waals surface area contributed by atoms with E-state index in [4.69, 9.17) is 9.79 Å². The van der Waals surface area contributed by atoms with Crippen LogP contribution in [0.1, 0.15) is 13.8 Å². The highest BCUT2D eigenvalue weighted by Gasteiger charge is 2.17. The van der Waals surface area contributed by atoms with Crippen molar-refractivity contribution in [2.75, 3.05) is 12.8 Å². The third-order valence-corrected chi connectivity index (χ3v) is 2.72. The van der Waals surface area contributed by atoms with Crippen LogP contribution in [0.5, 0.6) is 0 Å². The van der Waals surface area contributed by atoms with Crippen molar-refractivity contribution in [1.82, 2.24) is 0 Å². The average Bonchev–Trinajstić information content (AvgIpc) is 1.89. The zero-order valence-corrected chi connectivity index (χ0v) is 6.52. The number of nitrogens with zero attached hydrogens (tertiary/aromatic N) is 1. The molecule has 0 amide bonds. The summed E-state index contributed by atoms with van der Waals surface area (Å²) in [6.07, 6.45) is 0.303. The highest BCUT2D eigenvalue weighted by molar-refractivity contribution is 7.63. The summed E-state index contributed by atoms with van der Waals surface area (Å²) in [6.45, 7) is 3.75. The summed E-state index contributed by atoms with van der Waals surface area (Å²) in [7, 11) is -2.88. The van der Waals surface area contributed by atoms with Crippen LogP contribution >= 0.6 is 7.37 Å². The first-order valence-electron chi connectivity index (χ1n) is 2.83. The van der Waals surface area contributed by atoms with E-state index in [1.807, 2.05) is 0 Å². The molecule has 52 valence electrons. The molecule has 0 saturated heterocycles. The van der Waals surface area contributed by atoms with Crippen molar-refractivity contribution in [2.45, 2.75) is 13.8 Å². The zero-order chi connectivity index (χ0) is 7.33. The van der Waals surface area contributed by atoms with Crippen LogP contribution in [0.2, 0.25) is 0 Å². The lowest BCUT2D eigenvalue weighted by molar-refractivity contribution is 0.342. The molecule has 0 unspecified atom stereocenters. The molecule has 0 aromatic rings. The van der Waals surface area contributed by atoms with Crippen LogP contribution < -0.4 is 0 Å². The van der Waals surface area contributed by atoms with Crippen molar-refractivity contribution in [3.63, 3.8) is 0 Å². The van der Waals surface area contributed by atoms with Gasteiger partial charge in [0.2, 0.25) is 0 Å². The summed E-state index contributed by atoms with van der Waals surface area (Å²) in [5, 5.41) is 8.28. The van der Waals surface area contributed by atoms with Gasteiger partial charge in [-0.05, 0) is 6.92 Å². The van der Waals surface area contributed by atoms with Crippen molar-refractivity contribution in [1.29, 1.82) is 5.26 Å². The Kier molecular flexibility index (Phi) is 3.53. The van der Waals surface area contributed by atoms with Gasteiger partial charge in [0.05, 0.1) is 6.61 Å². The minimum Gasteiger partial charge on any atom is -0.319 e. The zero-order valence-electron chi connectivity index (χ0n) is 5.63. The molecule has 0 aliphatic rings. The van der Waals surface area contributed by atoms with Gasteiger partial charge in [-0.3, -0.25) is 4.57 Å². The molecular formula is C5H10NO2P. The fraction of sp³-hybridized carbons (Fsp3) is 0.800. The second-order valence-corrected chi connectivity index (χ2v) is 3.94. The number of nitriles is 1. The van der Waals surface area contributed by atoms with Crippen molar-refractivity contribution >= 4 is 7.37 Å². The van der Waals surface area contributed by atoms with Crippen LogP contribution in [0.25, 0.3) is 0 Å². The van der Waals surface area contributed by atoms with E-state index < -0.39 is 7.37 Å². The number of hydrogen-bond donors (Lipinski definition) is 0. The molecule has 0 aromatic carbocycles. The Morgan fingerprint density at radius 2 is 2.22 bits per heavy atom. The molecule has 0 aromatic heterocycles. The van der Waals surface area contributed by atoms with E-state index in [1.165, 1.54) is 0 Å². The van der Waals surface area contributed by atoms with Crippen LogP contribution in [-0.4, -0.2) is 12.8 Å². The summed E-state index contributed by atoms with van der Waals surface area (Å²) < 4.78 is 15.7. The van der Waals surface area contributed by atoms with Crippen LogP contribution in [-0.2, 0) is 9.09 Å². The Balaban J connectivity index is 3.99. The van der Waals surface area contributed by atoms with Gasteiger partial charge in [-0.1, -0.05) is 6.92 Å². The van der Waals surface area contributed by atoms with E-state index in [9.17, 15) is 4.57 Å². The Morgan fingerprint density at radius 3 is 2.33 bits per heavy atom. The first kappa shape index (κ1) is 8.68. The predicted octanol–water partition coefficient (Wildman–Crippen LogP) is 1.80. The third-order valence-electron chi connectivity index (χ3n) is 0.906. The first-order chi connectivity index (χ1) is 4.18. The van der Waals surface area contributed by atoms with Crippen LogP contribution in [0, 0.1) is 11.1 Å². The quantitative estimate of drug-likeness (QED) is 0.572. The number of hydrogen-bond acceptors (Lipinski definition) is 3. The van der Waals surface area contributed by atoms with E-state index in [0.29, 0.717) is 12.8 Å². The molecule has 0 heterocycles. The maximum Gasteiger partial charge on any atom is 0.299 e. The molecule has 0 radical (unpaired) electrons. The Bertz CT molecular complexity index is 161. The van der Waals surface area contributed by atoms with Gasteiger partial charge in [0, 0.05) is 6.16 Å². The van der Waals surface area contributed by atoms with E-state index in [0.717, 1.165) is 0 Å². The van der Waals surface area contributed by atoms with Gasteiger partial charge in [-0.15, -0.1) is 0 Å². The van der Waals surface area contributed by atoms with E-state index in [2.05, 4.69) is 0 Å². The van der Waals surface area contributed by atoms with Crippen LogP contribution in [0.15, 0.2) is 0 Å². The van der Waals surface area contributed by atoms with Crippen molar-refractivity contribution in [3.05, 3.63) is 0 Å². The highest BCUT2D eigenvalue weighted by atomic mass is 31.2. The van der Waals surface area contributed by atoms with E-state index in [-0.39, 0.29) is 0 Å². The summed E-state index contributed by atoms with van der Waals surface area (Å²) in [4.78, 5) is 0. The van der Waals surface area contributed by atoms with Crippen LogP contribution in [0.3, 0.4) is 0 Å². The summed E-state index contributed by atoms with van der Waals surface area (Å²) >= 11 is 0. The van der Waals surface area contributed by atoms with Gasteiger partial charge >= 0.3 is 0 Å². The van der Waals surface area contributed by atoms with E-state index in [1.54, 1.807) is 19.7 Å². The van der Waals surface area contributed by atoms with E-state index >= 15 is 0 Å². The Morgan fingerprint density at radius 1 is 1.67 bits per heavy atom. The van der Waals surface area contributed by atoms with Crippen molar-refractivity contribution < 1.29 is 9.09 Å². The summed E-state index contributed by atoms with van der Waals surface area (Å²) in [5.41, 5.74) is 0. The summed E-state index contributed by atoms with van der Waals surface area (Å²) in [5.74, 6) is 1.66. The molecular weight excluding hydrogens is 137 g/mol.